The Morgan fingerprint density at radius 2 is 0.922 bits per heavy atom. The van der Waals surface area contributed by atoms with E-state index in [-0.39, 0.29) is 24.0 Å². The van der Waals surface area contributed by atoms with Crippen molar-refractivity contribution in [2.24, 2.45) is 0 Å². The summed E-state index contributed by atoms with van der Waals surface area (Å²) in [7, 11) is 1.94. The SMILES string of the molecule is CCCCCCC(O)CC=CCCCCCCCC(=O)NCCN(CCNC)CCNC(=O)CCCCCCCC=CCC(O)CCCCCC. The molecule has 0 saturated heterocycles. The highest BCUT2D eigenvalue weighted by Crippen LogP contribution is 2.12. The summed E-state index contributed by atoms with van der Waals surface area (Å²) in [6.07, 6.45) is 35.8. The molecule has 0 bridgehead atoms. The summed E-state index contributed by atoms with van der Waals surface area (Å²) in [6, 6.07) is 0. The van der Waals surface area contributed by atoms with E-state index in [9.17, 15) is 19.8 Å². The number of amides is 2. The Balaban J connectivity index is 3.79. The van der Waals surface area contributed by atoms with Gasteiger partial charge in [0.2, 0.25) is 11.8 Å². The summed E-state index contributed by atoms with van der Waals surface area (Å²) in [5.41, 5.74) is 0. The number of aliphatic hydroxyl groups excluding tert-OH is 2. The topological polar surface area (TPSA) is 114 Å². The minimum atomic E-state index is -0.189. The van der Waals surface area contributed by atoms with Crippen molar-refractivity contribution in [3.05, 3.63) is 24.3 Å². The van der Waals surface area contributed by atoms with Crippen LogP contribution in [0.2, 0.25) is 0 Å². The second-order valence-electron chi connectivity index (χ2n) is 14.7. The molecule has 2 atom stereocenters. The zero-order valence-electron chi connectivity index (χ0n) is 33.7. The predicted molar refractivity (Wildman–Crippen MR) is 218 cm³/mol. The first-order chi connectivity index (χ1) is 24.9. The second-order valence-corrected chi connectivity index (χ2v) is 14.7. The van der Waals surface area contributed by atoms with Gasteiger partial charge in [-0.2, -0.15) is 0 Å². The second kappa shape index (κ2) is 39.5. The molecule has 5 N–H and O–H groups in total. The Bertz CT molecular complexity index is 760. The van der Waals surface area contributed by atoms with Crippen LogP contribution in [-0.2, 0) is 9.59 Å². The molecule has 0 aromatic carbocycles. The zero-order chi connectivity index (χ0) is 37.5. The van der Waals surface area contributed by atoms with E-state index >= 15 is 0 Å². The Labute approximate surface area is 315 Å². The number of aliphatic hydroxyl groups is 2. The van der Waals surface area contributed by atoms with Crippen molar-refractivity contribution in [1.82, 2.24) is 20.9 Å². The maximum atomic E-state index is 12.4. The maximum Gasteiger partial charge on any atom is 0.220 e. The number of rotatable bonds is 39. The molecule has 0 heterocycles. The van der Waals surface area contributed by atoms with E-state index in [1.807, 2.05) is 7.05 Å². The van der Waals surface area contributed by atoms with Gasteiger partial charge < -0.3 is 26.2 Å². The van der Waals surface area contributed by atoms with E-state index in [4.69, 9.17) is 0 Å². The van der Waals surface area contributed by atoms with E-state index in [1.54, 1.807) is 0 Å². The molecule has 51 heavy (non-hydrogen) atoms. The van der Waals surface area contributed by atoms with Crippen molar-refractivity contribution in [3.8, 4) is 0 Å². The third-order valence-electron chi connectivity index (χ3n) is 9.66. The van der Waals surface area contributed by atoms with Gasteiger partial charge in [-0.25, -0.2) is 0 Å². The Morgan fingerprint density at radius 1 is 0.529 bits per heavy atom. The van der Waals surface area contributed by atoms with Gasteiger partial charge in [0.1, 0.15) is 0 Å². The standard InChI is InChI=1S/C43H84N4O4/c1-4-6-8-22-28-40(48)30-24-18-14-10-12-16-20-26-32-42(50)45-35-38-47(37-34-44-3)39-36-46-43(51)33-27-21-17-13-11-15-19-25-31-41(49)29-23-9-7-5-2/h18-19,24-25,40-41,44,48-49H,4-17,20-23,26-39H2,1-3H3,(H,45,50)(H,46,51). The van der Waals surface area contributed by atoms with E-state index in [0.717, 1.165) is 116 Å². The van der Waals surface area contributed by atoms with Gasteiger partial charge in [-0.05, 0) is 71.3 Å². The highest BCUT2D eigenvalue weighted by atomic mass is 16.3. The molecule has 0 aliphatic carbocycles. The van der Waals surface area contributed by atoms with Gasteiger partial charge in [0.25, 0.3) is 0 Å². The molecular formula is C43H84N4O4. The summed E-state index contributed by atoms with van der Waals surface area (Å²) < 4.78 is 0. The first kappa shape index (κ1) is 49.3. The molecule has 8 nitrogen and oxygen atoms in total. The highest BCUT2D eigenvalue weighted by Gasteiger charge is 2.08. The molecule has 2 unspecified atom stereocenters. The number of likely N-dealkylation sites (N-methyl/N-ethyl adjacent to an activating group) is 1. The van der Waals surface area contributed by atoms with Crippen LogP contribution in [0.5, 0.6) is 0 Å². The monoisotopic (exact) mass is 721 g/mol. The van der Waals surface area contributed by atoms with E-state index in [0.29, 0.717) is 25.9 Å². The largest absolute Gasteiger partial charge is 0.393 e. The van der Waals surface area contributed by atoms with Crippen molar-refractivity contribution >= 4 is 11.8 Å². The average Bonchev–Trinajstić information content (AvgIpc) is 3.12. The van der Waals surface area contributed by atoms with Crippen LogP contribution < -0.4 is 16.0 Å². The molecule has 300 valence electrons. The van der Waals surface area contributed by atoms with Crippen LogP contribution >= 0.6 is 0 Å². The lowest BCUT2D eigenvalue weighted by atomic mass is 10.1. The highest BCUT2D eigenvalue weighted by molar-refractivity contribution is 5.76. The van der Waals surface area contributed by atoms with Crippen LogP contribution in [0, 0.1) is 0 Å². The normalized spacial score (nSPS) is 13.1. The quantitative estimate of drug-likeness (QED) is 0.0321. The number of carbonyl (C=O) groups is 2. The molecule has 0 aliphatic heterocycles. The lowest BCUT2D eigenvalue weighted by Crippen LogP contribution is -2.42. The Hall–Kier alpha value is -1.74. The summed E-state index contributed by atoms with van der Waals surface area (Å²) >= 11 is 0. The van der Waals surface area contributed by atoms with Crippen LogP contribution in [0.3, 0.4) is 0 Å². The van der Waals surface area contributed by atoms with E-state index in [1.165, 1.54) is 64.2 Å². The molecule has 0 fully saturated rings. The maximum absolute atomic E-state index is 12.4. The van der Waals surface area contributed by atoms with Gasteiger partial charge in [0.15, 0.2) is 0 Å². The molecule has 2 amide bonds. The van der Waals surface area contributed by atoms with Gasteiger partial charge in [-0.3, -0.25) is 14.5 Å². The van der Waals surface area contributed by atoms with Crippen molar-refractivity contribution in [2.75, 3.05) is 46.3 Å². The molecule has 0 saturated carbocycles. The van der Waals surface area contributed by atoms with Crippen molar-refractivity contribution < 1.29 is 19.8 Å². The van der Waals surface area contributed by atoms with E-state index < -0.39 is 0 Å². The summed E-state index contributed by atoms with van der Waals surface area (Å²) in [4.78, 5) is 27.0. The molecule has 0 aromatic rings. The van der Waals surface area contributed by atoms with Crippen molar-refractivity contribution in [3.63, 3.8) is 0 Å². The number of allylic oxidation sites excluding steroid dienone is 2. The molecule has 0 radical (unpaired) electrons. The van der Waals surface area contributed by atoms with Crippen LogP contribution in [0.1, 0.15) is 181 Å². The zero-order valence-corrected chi connectivity index (χ0v) is 33.7. The smallest absolute Gasteiger partial charge is 0.220 e. The summed E-state index contributed by atoms with van der Waals surface area (Å²) in [5.74, 6) is 0.265. The fourth-order valence-corrected chi connectivity index (χ4v) is 6.24. The Kier molecular flexibility index (Phi) is 38.1. The van der Waals surface area contributed by atoms with Crippen LogP contribution in [0.15, 0.2) is 24.3 Å². The molecule has 0 aliphatic rings. The number of nitrogens with zero attached hydrogens (tertiary/aromatic N) is 1. The molecular weight excluding hydrogens is 636 g/mol. The fourth-order valence-electron chi connectivity index (χ4n) is 6.24. The number of hydrogen-bond acceptors (Lipinski definition) is 6. The van der Waals surface area contributed by atoms with Gasteiger partial charge in [0, 0.05) is 52.1 Å². The molecule has 0 spiro atoms. The number of unbranched alkanes of at least 4 members (excludes halogenated alkanes) is 16. The van der Waals surface area contributed by atoms with Crippen molar-refractivity contribution in [2.45, 2.75) is 193 Å². The van der Waals surface area contributed by atoms with Crippen LogP contribution in [-0.4, -0.2) is 85.5 Å². The average molecular weight is 721 g/mol. The summed E-state index contributed by atoms with van der Waals surface area (Å²) in [5, 5.41) is 29.4. The van der Waals surface area contributed by atoms with Gasteiger partial charge in [0.05, 0.1) is 12.2 Å². The molecule has 8 heteroatoms. The third-order valence-corrected chi connectivity index (χ3v) is 9.66. The van der Waals surface area contributed by atoms with Crippen LogP contribution in [0.4, 0.5) is 0 Å². The number of carbonyl (C=O) groups excluding carboxylic acids is 2. The number of nitrogens with one attached hydrogen (secondary N) is 3. The Morgan fingerprint density at radius 3 is 1.35 bits per heavy atom. The minimum Gasteiger partial charge on any atom is -0.393 e. The van der Waals surface area contributed by atoms with Gasteiger partial charge in [-0.1, -0.05) is 128 Å². The van der Waals surface area contributed by atoms with Gasteiger partial charge >= 0.3 is 0 Å². The number of hydrogen-bond donors (Lipinski definition) is 5. The van der Waals surface area contributed by atoms with Crippen LogP contribution in [0.25, 0.3) is 0 Å². The first-order valence-corrected chi connectivity index (χ1v) is 21.5. The minimum absolute atomic E-state index is 0.132. The lowest BCUT2D eigenvalue weighted by Gasteiger charge is -2.22. The molecule has 0 aromatic heterocycles. The van der Waals surface area contributed by atoms with Crippen molar-refractivity contribution in [1.29, 1.82) is 0 Å². The predicted octanol–water partition coefficient (Wildman–Crippen LogP) is 8.76. The lowest BCUT2D eigenvalue weighted by molar-refractivity contribution is -0.121. The summed E-state index contributed by atoms with van der Waals surface area (Å²) in [6.45, 7) is 9.00. The third kappa shape index (κ3) is 37.8. The first-order valence-electron chi connectivity index (χ1n) is 21.5. The van der Waals surface area contributed by atoms with E-state index in [2.05, 4.69) is 59.0 Å². The van der Waals surface area contributed by atoms with Gasteiger partial charge in [-0.15, -0.1) is 0 Å². The fraction of sp³-hybridized carbons (Fsp3) is 0.860. The molecule has 0 rings (SSSR count).